The van der Waals surface area contributed by atoms with Gasteiger partial charge in [-0.25, -0.2) is 13.1 Å². The van der Waals surface area contributed by atoms with Gasteiger partial charge in [-0.2, -0.15) is 0 Å². The molecule has 26 heavy (non-hydrogen) atoms. The third-order valence-electron chi connectivity index (χ3n) is 3.82. The van der Waals surface area contributed by atoms with E-state index in [9.17, 15) is 13.2 Å². The first kappa shape index (κ1) is 19.2. The summed E-state index contributed by atoms with van der Waals surface area (Å²) in [6.07, 6.45) is 1.74. The zero-order valence-corrected chi connectivity index (χ0v) is 16.5. The molecule has 1 aliphatic rings. The minimum Gasteiger partial charge on any atom is -0.321 e. The number of halogens is 1. The van der Waals surface area contributed by atoms with Crippen LogP contribution in [0.1, 0.15) is 30.1 Å². The number of hydrogen-bond donors (Lipinski definition) is 2. The molecule has 2 aromatic carbocycles. The zero-order chi connectivity index (χ0) is 18.7. The summed E-state index contributed by atoms with van der Waals surface area (Å²) in [5.41, 5.74) is 1.02. The summed E-state index contributed by atoms with van der Waals surface area (Å²) in [6.45, 7) is 2.03. The molecule has 1 amide bonds. The lowest BCUT2D eigenvalue weighted by Crippen LogP contribution is -2.25. The van der Waals surface area contributed by atoms with E-state index in [-0.39, 0.29) is 16.8 Å². The van der Waals surface area contributed by atoms with E-state index in [1.807, 2.05) is 13.0 Å². The van der Waals surface area contributed by atoms with Crippen LogP contribution in [0.2, 0.25) is 5.02 Å². The van der Waals surface area contributed by atoms with E-state index >= 15 is 0 Å². The molecule has 1 aliphatic carbocycles. The lowest BCUT2D eigenvalue weighted by molar-refractivity contribution is 0.102. The van der Waals surface area contributed by atoms with Gasteiger partial charge in [-0.05, 0) is 61.1 Å². The monoisotopic (exact) mass is 410 g/mol. The van der Waals surface area contributed by atoms with Gasteiger partial charge in [-0.3, -0.25) is 4.79 Å². The van der Waals surface area contributed by atoms with E-state index in [4.69, 9.17) is 11.6 Å². The van der Waals surface area contributed by atoms with E-state index in [2.05, 4.69) is 10.0 Å². The van der Waals surface area contributed by atoms with Crippen LogP contribution in [0.4, 0.5) is 5.69 Å². The normalized spacial score (nSPS) is 14.2. The molecule has 3 rings (SSSR count). The van der Waals surface area contributed by atoms with E-state index in [0.717, 1.165) is 23.5 Å². The molecule has 0 radical (unpaired) electrons. The van der Waals surface area contributed by atoms with Crippen molar-refractivity contribution in [1.82, 2.24) is 4.72 Å². The molecular formula is C18H19ClN2O3S2. The highest BCUT2D eigenvalue weighted by molar-refractivity contribution is 7.99. The molecule has 2 aromatic rings. The summed E-state index contributed by atoms with van der Waals surface area (Å²) in [5.74, 6) is 0.551. The molecule has 0 bridgehead atoms. The van der Waals surface area contributed by atoms with Crippen LogP contribution in [0.15, 0.2) is 52.3 Å². The fourth-order valence-electron chi connectivity index (χ4n) is 2.35. The van der Waals surface area contributed by atoms with Crippen LogP contribution in [0.5, 0.6) is 0 Å². The average molecular weight is 411 g/mol. The summed E-state index contributed by atoms with van der Waals surface area (Å²) >= 11 is 7.63. The van der Waals surface area contributed by atoms with Crippen LogP contribution in [-0.2, 0) is 10.0 Å². The van der Waals surface area contributed by atoms with Crippen molar-refractivity contribution in [2.75, 3.05) is 11.1 Å². The molecule has 0 unspecified atom stereocenters. The highest BCUT2D eigenvalue weighted by atomic mass is 35.5. The predicted octanol–water partition coefficient (Wildman–Crippen LogP) is 4.15. The molecule has 0 spiro atoms. The number of benzene rings is 2. The quantitative estimate of drug-likeness (QED) is 0.672. The Bertz CT molecular complexity index is 911. The lowest BCUT2D eigenvalue weighted by Gasteiger charge is -2.11. The van der Waals surface area contributed by atoms with E-state index in [1.165, 1.54) is 24.3 Å². The van der Waals surface area contributed by atoms with Gasteiger partial charge in [0.2, 0.25) is 10.0 Å². The second-order valence-corrected chi connectivity index (χ2v) is 9.40. The van der Waals surface area contributed by atoms with Crippen LogP contribution in [0.25, 0.3) is 0 Å². The number of amides is 1. The number of nitrogens with one attached hydrogen (secondary N) is 2. The molecule has 138 valence electrons. The minimum absolute atomic E-state index is 0.0419. The van der Waals surface area contributed by atoms with Gasteiger partial charge >= 0.3 is 0 Å². The van der Waals surface area contributed by atoms with Crippen LogP contribution < -0.4 is 10.0 Å². The van der Waals surface area contributed by atoms with Gasteiger partial charge in [0.25, 0.3) is 5.91 Å². The number of hydrogen-bond acceptors (Lipinski definition) is 4. The van der Waals surface area contributed by atoms with Gasteiger partial charge in [-0.1, -0.05) is 18.5 Å². The zero-order valence-electron chi connectivity index (χ0n) is 14.2. The lowest BCUT2D eigenvalue weighted by atomic mass is 10.2. The summed E-state index contributed by atoms with van der Waals surface area (Å²) in [6, 6.07) is 11.3. The first-order valence-electron chi connectivity index (χ1n) is 8.25. The standard InChI is InChI=1S/C18H19ClN2O3S2/c1-2-25-17-10-5-13(19)11-16(17)20-18(22)12-3-8-15(9-4-12)26(23,24)21-14-6-7-14/h3-5,8-11,14,21H,2,6-7H2,1H3,(H,20,22). The molecule has 0 atom stereocenters. The topological polar surface area (TPSA) is 75.3 Å². The van der Waals surface area contributed by atoms with E-state index < -0.39 is 10.0 Å². The predicted molar refractivity (Wildman–Crippen MR) is 106 cm³/mol. The van der Waals surface area contributed by atoms with E-state index in [0.29, 0.717) is 16.3 Å². The largest absolute Gasteiger partial charge is 0.321 e. The molecule has 8 heteroatoms. The number of thioether (sulfide) groups is 1. The molecule has 5 nitrogen and oxygen atoms in total. The molecule has 1 fully saturated rings. The van der Waals surface area contributed by atoms with Crippen molar-refractivity contribution in [2.45, 2.75) is 35.6 Å². The minimum atomic E-state index is -3.52. The molecule has 2 N–H and O–H groups in total. The Kier molecular flexibility index (Phi) is 5.92. The van der Waals surface area contributed by atoms with Crippen molar-refractivity contribution in [3.8, 4) is 0 Å². The van der Waals surface area contributed by atoms with Crippen LogP contribution >= 0.6 is 23.4 Å². The summed E-state index contributed by atoms with van der Waals surface area (Å²) in [5, 5.41) is 3.38. The highest BCUT2D eigenvalue weighted by Crippen LogP contribution is 2.30. The summed E-state index contributed by atoms with van der Waals surface area (Å²) in [7, 11) is -3.52. The second kappa shape index (κ2) is 8.00. The van der Waals surface area contributed by atoms with Gasteiger partial charge < -0.3 is 5.32 Å². The number of anilines is 1. The third kappa shape index (κ3) is 4.79. The van der Waals surface area contributed by atoms with Crippen molar-refractivity contribution < 1.29 is 13.2 Å². The fourth-order valence-corrected chi connectivity index (χ4v) is 4.57. The summed E-state index contributed by atoms with van der Waals surface area (Å²) in [4.78, 5) is 13.6. The third-order valence-corrected chi connectivity index (χ3v) is 6.54. The number of sulfonamides is 1. The first-order chi connectivity index (χ1) is 12.4. The number of rotatable bonds is 7. The Morgan fingerprint density at radius 1 is 1.19 bits per heavy atom. The van der Waals surface area contributed by atoms with Gasteiger partial charge in [0.05, 0.1) is 10.6 Å². The van der Waals surface area contributed by atoms with Gasteiger partial charge in [0.1, 0.15) is 0 Å². The Morgan fingerprint density at radius 2 is 1.88 bits per heavy atom. The summed E-state index contributed by atoms with van der Waals surface area (Å²) < 4.78 is 27.0. The van der Waals surface area contributed by atoms with Crippen molar-refractivity contribution in [1.29, 1.82) is 0 Å². The smallest absolute Gasteiger partial charge is 0.255 e. The molecule has 0 saturated heterocycles. The first-order valence-corrected chi connectivity index (χ1v) is 11.1. The molecule has 0 heterocycles. The van der Waals surface area contributed by atoms with Gasteiger partial charge in [-0.15, -0.1) is 11.8 Å². The Labute approximate surface area is 162 Å². The van der Waals surface area contributed by atoms with Crippen molar-refractivity contribution in [3.63, 3.8) is 0 Å². The second-order valence-electron chi connectivity index (χ2n) is 5.95. The number of carbonyl (C=O) groups excluding carboxylic acids is 1. The number of carbonyl (C=O) groups is 1. The molecule has 1 saturated carbocycles. The SMILES string of the molecule is CCSc1ccc(Cl)cc1NC(=O)c1ccc(S(=O)(=O)NC2CC2)cc1. The maximum absolute atomic E-state index is 12.5. The fraction of sp³-hybridized carbons (Fsp3) is 0.278. The molecule has 0 aromatic heterocycles. The Morgan fingerprint density at radius 3 is 2.50 bits per heavy atom. The highest BCUT2D eigenvalue weighted by Gasteiger charge is 2.28. The van der Waals surface area contributed by atoms with Gasteiger partial charge in [0.15, 0.2) is 0 Å². The average Bonchev–Trinajstić information content (AvgIpc) is 3.41. The Balaban J connectivity index is 1.75. The van der Waals surface area contributed by atoms with Crippen molar-refractivity contribution >= 4 is 45.0 Å². The Hall–Kier alpha value is -1.54. The van der Waals surface area contributed by atoms with Crippen molar-refractivity contribution in [3.05, 3.63) is 53.1 Å². The maximum atomic E-state index is 12.5. The van der Waals surface area contributed by atoms with Crippen LogP contribution in [0.3, 0.4) is 0 Å². The van der Waals surface area contributed by atoms with Crippen molar-refractivity contribution in [2.24, 2.45) is 0 Å². The van der Waals surface area contributed by atoms with E-state index in [1.54, 1.807) is 23.9 Å². The molecular weight excluding hydrogens is 392 g/mol. The van der Waals surface area contributed by atoms with Crippen LogP contribution in [-0.4, -0.2) is 26.1 Å². The molecule has 0 aliphatic heterocycles. The van der Waals surface area contributed by atoms with Crippen LogP contribution in [0, 0.1) is 0 Å². The maximum Gasteiger partial charge on any atom is 0.255 e. The van der Waals surface area contributed by atoms with Gasteiger partial charge in [0, 0.05) is 21.5 Å².